The number of ether oxygens (including phenoxy) is 1. The van der Waals surface area contributed by atoms with Crippen molar-refractivity contribution in [2.24, 2.45) is 0 Å². The van der Waals surface area contributed by atoms with E-state index in [-0.39, 0.29) is 18.1 Å². The summed E-state index contributed by atoms with van der Waals surface area (Å²) in [6, 6.07) is 23.6. The molecular weight excluding hydrogens is 402 g/mol. The first-order chi connectivity index (χ1) is 15.5. The fourth-order valence-electron chi connectivity index (χ4n) is 2.91. The smallest absolute Gasteiger partial charge is 0.266 e. The second-order valence-corrected chi connectivity index (χ2v) is 7.18. The number of carbonyl (C=O) groups is 2. The van der Waals surface area contributed by atoms with Crippen molar-refractivity contribution in [1.29, 1.82) is 5.26 Å². The molecule has 2 N–H and O–H groups in total. The summed E-state index contributed by atoms with van der Waals surface area (Å²) < 4.78 is 5.67. The lowest BCUT2D eigenvalue weighted by atomic mass is 10.1. The molecular formula is C26H23N3O3. The highest BCUT2D eigenvalue weighted by Gasteiger charge is 2.12. The zero-order chi connectivity index (χ0) is 22.9. The van der Waals surface area contributed by atoms with Crippen molar-refractivity contribution in [2.75, 3.05) is 17.2 Å². The predicted octanol–water partition coefficient (Wildman–Crippen LogP) is 4.87. The Morgan fingerprint density at radius 2 is 1.62 bits per heavy atom. The molecule has 3 rings (SSSR count). The zero-order valence-corrected chi connectivity index (χ0v) is 17.9. The summed E-state index contributed by atoms with van der Waals surface area (Å²) in [5.74, 6) is -0.442. The van der Waals surface area contributed by atoms with E-state index in [1.165, 1.54) is 6.08 Å². The van der Waals surface area contributed by atoms with Crippen molar-refractivity contribution < 1.29 is 14.3 Å². The number of nitriles is 1. The van der Waals surface area contributed by atoms with Crippen LogP contribution < -0.4 is 15.4 Å². The Bertz CT molecular complexity index is 1190. The maximum atomic E-state index is 12.5. The normalized spacial score (nSPS) is 10.7. The topological polar surface area (TPSA) is 91.2 Å². The van der Waals surface area contributed by atoms with Crippen molar-refractivity contribution >= 4 is 29.3 Å². The summed E-state index contributed by atoms with van der Waals surface area (Å²) in [5, 5.41) is 15.0. The van der Waals surface area contributed by atoms with Crippen molar-refractivity contribution in [3.8, 4) is 11.8 Å². The van der Waals surface area contributed by atoms with Gasteiger partial charge in [-0.3, -0.25) is 9.59 Å². The first-order valence-electron chi connectivity index (χ1n) is 10.0. The van der Waals surface area contributed by atoms with Crippen LogP contribution in [0.25, 0.3) is 6.08 Å². The molecule has 6 heteroatoms. The highest BCUT2D eigenvalue weighted by molar-refractivity contribution is 6.09. The minimum atomic E-state index is -0.525. The van der Waals surface area contributed by atoms with Crippen molar-refractivity contribution in [3.05, 3.63) is 95.1 Å². The average Bonchev–Trinajstić information content (AvgIpc) is 2.79. The molecule has 0 fully saturated rings. The second-order valence-electron chi connectivity index (χ2n) is 7.18. The number of rotatable bonds is 7. The van der Waals surface area contributed by atoms with Gasteiger partial charge in [0.1, 0.15) is 17.4 Å². The van der Waals surface area contributed by atoms with Crippen LogP contribution in [-0.2, 0) is 9.59 Å². The van der Waals surface area contributed by atoms with Crippen LogP contribution in [0.4, 0.5) is 11.4 Å². The summed E-state index contributed by atoms with van der Waals surface area (Å²) >= 11 is 0. The Balaban J connectivity index is 1.70. The SMILES string of the molecule is Cc1ccc(NC(=O)/C(C#N)=C\c2ccccc2OCC(=O)Nc2ccccc2C)cc1. The van der Waals surface area contributed by atoms with Crippen molar-refractivity contribution in [3.63, 3.8) is 0 Å². The van der Waals surface area contributed by atoms with E-state index in [1.54, 1.807) is 36.4 Å². The fraction of sp³-hybridized carbons (Fsp3) is 0.115. The van der Waals surface area contributed by atoms with Gasteiger partial charge in [-0.15, -0.1) is 0 Å². The third-order valence-corrected chi connectivity index (χ3v) is 4.67. The van der Waals surface area contributed by atoms with Gasteiger partial charge in [0, 0.05) is 16.9 Å². The Hall–Kier alpha value is -4.37. The number of para-hydroxylation sites is 2. The van der Waals surface area contributed by atoms with Crippen LogP contribution in [0.2, 0.25) is 0 Å². The lowest BCUT2D eigenvalue weighted by Gasteiger charge is -2.11. The molecule has 0 saturated carbocycles. The Kier molecular flexibility index (Phi) is 7.39. The van der Waals surface area contributed by atoms with Crippen LogP contribution in [0.15, 0.2) is 78.4 Å². The van der Waals surface area contributed by atoms with Crippen LogP contribution in [-0.4, -0.2) is 18.4 Å². The molecule has 2 amide bonds. The summed E-state index contributed by atoms with van der Waals surface area (Å²) in [4.78, 5) is 24.8. The zero-order valence-electron chi connectivity index (χ0n) is 17.9. The van der Waals surface area contributed by atoms with E-state index in [4.69, 9.17) is 4.74 Å². The van der Waals surface area contributed by atoms with Gasteiger partial charge in [0.15, 0.2) is 6.61 Å². The van der Waals surface area contributed by atoms with E-state index in [1.807, 2.05) is 56.3 Å². The van der Waals surface area contributed by atoms with Gasteiger partial charge in [-0.2, -0.15) is 5.26 Å². The molecule has 32 heavy (non-hydrogen) atoms. The van der Waals surface area contributed by atoms with Crippen LogP contribution in [0.3, 0.4) is 0 Å². The van der Waals surface area contributed by atoms with E-state index in [0.29, 0.717) is 22.7 Å². The predicted molar refractivity (Wildman–Crippen MR) is 125 cm³/mol. The molecule has 0 saturated heterocycles. The molecule has 0 spiro atoms. The Labute approximate surface area is 187 Å². The third kappa shape index (κ3) is 6.07. The largest absolute Gasteiger partial charge is 0.483 e. The van der Waals surface area contributed by atoms with Gasteiger partial charge in [0.05, 0.1) is 0 Å². The van der Waals surface area contributed by atoms with Gasteiger partial charge in [0.25, 0.3) is 11.8 Å². The molecule has 0 aliphatic rings. The number of carbonyl (C=O) groups excluding carboxylic acids is 2. The number of aryl methyl sites for hydroxylation is 2. The van der Waals surface area contributed by atoms with Gasteiger partial charge >= 0.3 is 0 Å². The molecule has 0 atom stereocenters. The van der Waals surface area contributed by atoms with Gasteiger partial charge < -0.3 is 15.4 Å². The van der Waals surface area contributed by atoms with Crippen LogP contribution in [0, 0.1) is 25.2 Å². The maximum absolute atomic E-state index is 12.5. The summed E-state index contributed by atoms with van der Waals surface area (Å²) in [7, 11) is 0. The minimum absolute atomic E-state index is 0.0778. The Morgan fingerprint density at radius 1 is 0.938 bits per heavy atom. The first-order valence-corrected chi connectivity index (χ1v) is 10.0. The van der Waals surface area contributed by atoms with Crippen LogP contribution >= 0.6 is 0 Å². The lowest BCUT2D eigenvalue weighted by Crippen LogP contribution is -2.20. The number of amides is 2. The first kappa shape index (κ1) is 22.3. The van der Waals surface area contributed by atoms with Crippen molar-refractivity contribution in [2.45, 2.75) is 13.8 Å². The number of nitrogens with one attached hydrogen (secondary N) is 2. The van der Waals surface area contributed by atoms with E-state index in [0.717, 1.165) is 11.1 Å². The number of benzene rings is 3. The fourth-order valence-corrected chi connectivity index (χ4v) is 2.91. The van der Waals surface area contributed by atoms with Gasteiger partial charge in [-0.25, -0.2) is 0 Å². The van der Waals surface area contributed by atoms with Gasteiger partial charge in [-0.05, 0) is 49.8 Å². The summed E-state index contributed by atoms with van der Waals surface area (Å²) in [6.45, 7) is 3.64. The van der Waals surface area contributed by atoms with Crippen molar-refractivity contribution in [1.82, 2.24) is 0 Å². The highest BCUT2D eigenvalue weighted by Crippen LogP contribution is 2.22. The molecule has 0 heterocycles. The lowest BCUT2D eigenvalue weighted by molar-refractivity contribution is -0.118. The van der Waals surface area contributed by atoms with E-state index in [9.17, 15) is 14.9 Å². The summed E-state index contributed by atoms with van der Waals surface area (Å²) in [5.41, 5.74) is 3.77. The number of nitrogens with zero attached hydrogens (tertiary/aromatic N) is 1. The maximum Gasteiger partial charge on any atom is 0.266 e. The molecule has 0 bridgehead atoms. The van der Waals surface area contributed by atoms with Crippen LogP contribution in [0.5, 0.6) is 5.75 Å². The second kappa shape index (κ2) is 10.6. The van der Waals surface area contributed by atoms with E-state index >= 15 is 0 Å². The molecule has 3 aromatic carbocycles. The molecule has 0 aromatic heterocycles. The number of anilines is 2. The molecule has 6 nitrogen and oxygen atoms in total. The minimum Gasteiger partial charge on any atom is -0.483 e. The molecule has 0 aliphatic carbocycles. The molecule has 0 aliphatic heterocycles. The van der Waals surface area contributed by atoms with Gasteiger partial charge in [0.2, 0.25) is 0 Å². The molecule has 3 aromatic rings. The molecule has 160 valence electrons. The summed E-state index contributed by atoms with van der Waals surface area (Å²) in [6.07, 6.45) is 1.44. The highest BCUT2D eigenvalue weighted by atomic mass is 16.5. The number of hydrogen-bond acceptors (Lipinski definition) is 4. The molecule has 0 unspecified atom stereocenters. The third-order valence-electron chi connectivity index (χ3n) is 4.67. The quantitative estimate of drug-likeness (QED) is 0.417. The van der Waals surface area contributed by atoms with E-state index in [2.05, 4.69) is 10.6 Å². The van der Waals surface area contributed by atoms with Gasteiger partial charge in [-0.1, -0.05) is 54.1 Å². The standard InChI is InChI=1S/C26H23N3O3/c1-18-11-13-22(14-12-18)28-26(31)21(16-27)15-20-8-4-6-10-24(20)32-17-25(30)29-23-9-5-3-7-19(23)2/h3-15H,17H2,1-2H3,(H,28,31)(H,29,30)/b21-15-. The molecule has 0 radical (unpaired) electrons. The monoisotopic (exact) mass is 425 g/mol. The van der Waals surface area contributed by atoms with Crippen LogP contribution in [0.1, 0.15) is 16.7 Å². The average molecular weight is 425 g/mol. The Morgan fingerprint density at radius 3 is 2.34 bits per heavy atom. The van der Waals surface area contributed by atoms with E-state index < -0.39 is 5.91 Å². The number of hydrogen-bond donors (Lipinski definition) is 2.